The fourth-order valence-electron chi connectivity index (χ4n) is 4.96. The third-order valence-corrected chi connectivity index (χ3v) is 8.01. The van der Waals surface area contributed by atoms with Crippen molar-refractivity contribution in [3.05, 3.63) is 81.5 Å². The predicted molar refractivity (Wildman–Crippen MR) is 147 cm³/mol. The van der Waals surface area contributed by atoms with Crippen LogP contribution in [0.15, 0.2) is 59.3 Å². The first-order valence-corrected chi connectivity index (χ1v) is 13.9. The van der Waals surface area contributed by atoms with E-state index in [-0.39, 0.29) is 24.7 Å². The van der Waals surface area contributed by atoms with Gasteiger partial charge in [0.25, 0.3) is 5.91 Å². The molecule has 7 nitrogen and oxygen atoms in total. The number of benzene rings is 2. The number of piperidine rings is 1. The van der Waals surface area contributed by atoms with Crippen molar-refractivity contribution < 1.29 is 20.0 Å². The first-order chi connectivity index (χ1) is 18.0. The van der Waals surface area contributed by atoms with Crippen LogP contribution in [-0.4, -0.2) is 54.0 Å². The molecule has 6 N–H and O–H groups in total. The van der Waals surface area contributed by atoms with Crippen molar-refractivity contribution in [1.82, 2.24) is 10.2 Å². The fraction of sp³-hybridized carbons (Fsp3) is 0.379. The molecule has 2 fully saturated rings. The molecule has 1 aliphatic carbocycles. The molecule has 1 amide bonds. The number of nitrogen functional groups attached to an aromatic ring is 1. The summed E-state index contributed by atoms with van der Waals surface area (Å²) in [4.78, 5) is 15.4. The van der Waals surface area contributed by atoms with Crippen molar-refractivity contribution in [1.29, 1.82) is 0 Å². The summed E-state index contributed by atoms with van der Waals surface area (Å²) in [6.45, 7) is 2.78. The Bertz CT molecular complexity index is 1220. The van der Waals surface area contributed by atoms with Gasteiger partial charge in [0.2, 0.25) is 5.71 Å². The summed E-state index contributed by atoms with van der Waals surface area (Å²) in [7, 11) is 0. The molecule has 194 valence electrons. The van der Waals surface area contributed by atoms with Gasteiger partial charge in [0, 0.05) is 36.4 Å². The number of nitrogens with one attached hydrogen (secondary N) is 1. The maximum absolute atomic E-state index is 13.2. The molecule has 1 unspecified atom stereocenters. The molecule has 1 saturated carbocycles. The van der Waals surface area contributed by atoms with Gasteiger partial charge in [-0.05, 0) is 96.5 Å². The van der Waals surface area contributed by atoms with Gasteiger partial charge in [0.15, 0.2) is 0 Å². The van der Waals surface area contributed by atoms with Crippen LogP contribution in [-0.2, 0) is 0 Å². The zero-order valence-corrected chi connectivity index (χ0v) is 21.8. The molecule has 1 aliphatic heterocycles. The number of aliphatic hydroxyl groups is 1. The summed E-state index contributed by atoms with van der Waals surface area (Å²) >= 11 is 1.65. The van der Waals surface area contributed by atoms with Crippen molar-refractivity contribution in [3.63, 3.8) is 0 Å². The average Bonchev–Trinajstić information content (AvgIpc) is 3.61. The van der Waals surface area contributed by atoms with Gasteiger partial charge >= 0.3 is 0 Å². The number of nitrogens with two attached hydrogens (primary N) is 2. The summed E-state index contributed by atoms with van der Waals surface area (Å²) in [5.41, 5.74) is 10.5. The molecule has 1 aromatic heterocycles. The van der Waals surface area contributed by atoms with Gasteiger partial charge < -0.3 is 25.8 Å². The van der Waals surface area contributed by atoms with Crippen LogP contribution in [0.5, 0.6) is 5.75 Å². The second-order valence-corrected chi connectivity index (χ2v) is 10.7. The lowest BCUT2D eigenvalue weighted by molar-refractivity contribution is -0.111. The number of anilines is 1. The number of β-amino-alcohol motifs (C(OH)–C–C–N with tert-alkyl or cyclic N) is 1. The van der Waals surface area contributed by atoms with Gasteiger partial charge in [-0.2, -0.15) is 11.3 Å². The molecule has 2 heterocycles. The minimum absolute atomic E-state index is 0.0375. The number of rotatable bonds is 10. The Balaban J connectivity index is 1.24. The molecule has 37 heavy (non-hydrogen) atoms. The quantitative estimate of drug-likeness (QED) is 0.243. The van der Waals surface area contributed by atoms with E-state index >= 15 is 0 Å². The minimum atomic E-state index is -0.120. The smallest absolute Gasteiger partial charge is 0.251 e. The van der Waals surface area contributed by atoms with E-state index in [1.54, 1.807) is 29.5 Å². The highest BCUT2D eigenvalue weighted by molar-refractivity contribution is 7.08. The number of likely N-dealkylation sites (tertiary alicyclic amines) is 1. The van der Waals surface area contributed by atoms with Gasteiger partial charge in [0.05, 0.1) is 18.2 Å². The lowest BCUT2D eigenvalue weighted by Crippen LogP contribution is -2.41. The van der Waals surface area contributed by atoms with E-state index in [1.165, 1.54) is 5.56 Å². The molecule has 8 heteroatoms. The Hall–Kier alpha value is -3.20. The van der Waals surface area contributed by atoms with Crippen molar-refractivity contribution in [3.8, 4) is 5.75 Å². The molecule has 0 bridgehead atoms. The maximum atomic E-state index is 13.2. The maximum Gasteiger partial charge on any atom is 0.251 e. The van der Waals surface area contributed by atoms with Gasteiger partial charge in [-0.3, -0.25) is 10.2 Å². The zero-order chi connectivity index (χ0) is 25.8. The number of aliphatic hydroxyl groups excluding tert-OH is 1. The molecule has 1 saturated heterocycles. The van der Waals surface area contributed by atoms with Crippen LogP contribution < -0.4 is 21.2 Å². The third kappa shape index (κ3) is 6.21. The Morgan fingerprint density at radius 1 is 1.11 bits per heavy atom. The number of carbonyl (C=O) groups excluding carboxylic acids is 1. The van der Waals surface area contributed by atoms with E-state index in [0.717, 1.165) is 56.6 Å². The van der Waals surface area contributed by atoms with Crippen LogP contribution in [0.3, 0.4) is 0 Å². The molecule has 3 aromatic rings. The first-order valence-electron chi connectivity index (χ1n) is 13.0. The highest BCUT2D eigenvalue weighted by Gasteiger charge is 2.34. The summed E-state index contributed by atoms with van der Waals surface area (Å²) in [5.74, 6) is 1.18. The van der Waals surface area contributed by atoms with Crippen molar-refractivity contribution in [2.45, 2.75) is 37.8 Å². The number of thiophene rings is 1. The SMILES string of the molecule is Nc1ccc(C(=O)NC(c2ccsc2)C2CC2)cc1C(=[NH2+])c1ccc(OC2CCN(CCO)CC2)cc1. The Morgan fingerprint density at radius 3 is 2.49 bits per heavy atom. The number of hydrogen-bond acceptors (Lipinski definition) is 6. The van der Waals surface area contributed by atoms with Gasteiger partial charge in [-0.15, -0.1) is 0 Å². The standard InChI is InChI=1S/C29H34N4O3S/c30-26-8-5-21(29(35)32-28(20-1-2-20)22-11-16-37-18-22)17-25(26)27(31)19-3-6-23(7-4-19)36-24-9-12-33(13-10-24)14-15-34/h3-8,11,16-18,20,24,28,31,34H,1-2,9-10,12-15,30H2,(H,32,35)/p+1. The largest absolute Gasteiger partial charge is 0.490 e. The first kappa shape index (κ1) is 25.4. The normalized spacial score (nSPS) is 17.3. The Morgan fingerprint density at radius 2 is 1.84 bits per heavy atom. The van der Waals surface area contributed by atoms with Crippen LogP contribution in [0.2, 0.25) is 0 Å². The average molecular weight is 520 g/mol. The fourth-order valence-corrected chi connectivity index (χ4v) is 5.66. The van der Waals surface area contributed by atoms with Crippen LogP contribution in [0.4, 0.5) is 5.69 Å². The zero-order valence-electron chi connectivity index (χ0n) is 20.9. The molecule has 5 rings (SSSR count). The van der Waals surface area contributed by atoms with E-state index in [1.807, 2.05) is 29.6 Å². The van der Waals surface area contributed by atoms with E-state index in [4.69, 9.17) is 21.0 Å². The molecular formula is C29H35N4O3S+. The van der Waals surface area contributed by atoms with Gasteiger partial charge in [-0.25, -0.2) is 0 Å². The molecular weight excluding hydrogens is 484 g/mol. The summed E-state index contributed by atoms with van der Waals surface area (Å²) in [6.07, 6.45) is 4.32. The summed E-state index contributed by atoms with van der Waals surface area (Å²) < 4.78 is 6.17. The molecule has 0 spiro atoms. The minimum Gasteiger partial charge on any atom is -0.490 e. The number of amides is 1. The lowest BCUT2D eigenvalue weighted by atomic mass is 9.98. The van der Waals surface area contributed by atoms with Gasteiger partial charge in [0.1, 0.15) is 11.9 Å². The number of nitrogens with zero attached hydrogens (tertiary/aromatic N) is 1. The second-order valence-electron chi connectivity index (χ2n) is 9.97. The van der Waals surface area contributed by atoms with Crippen molar-refractivity contribution >= 4 is 28.6 Å². The highest BCUT2D eigenvalue weighted by Crippen LogP contribution is 2.41. The van der Waals surface area contributed by atoms with Gasteiger partial charge in [-0.1, -0.05) is 0 Å². The molecule has 1 atom stereocenters. The number of hydrogen-bond donors (Lipinski definition) is 4. The van der Waals surface area contributed by atoms with E-state index in [9.17, 15) is 4.79 Å². The molecule has 2 aromatic carbocycles. The third-order valence-electron chi connectivity index (χ3n) is 7.31. The number of carbonyl (C=O) groups is 1. The lowest BCUT2D eigenvalue weighted by Gasteiger charge is -2.31. The molecule has 0 radical (unpaired) electrons. The summed E-state index contributed by atoms with van der Waals surface area (Å²) in [5, 5.41) is 23.0. The van der Waals surface area contributed by atoms with Crippen LogP contribution >= 0.6 is 11.3 Å². The monoisotopic (exact) mass is 519 g/mol. The van der Waals surface area contributed by atoms with Crippen molar-refractivity contribution in [2.75, 3.05) is 32.0 Å². The van der Waals surface area contributed by atoms with E-state index in [2.05, 4.69) is 21.7 Å². The van der Waals surface area contributed by atoms with Crippen molar-refractivity contribution in [2.24, 2.45) is 5.92 Å². The van der Waals surface area contributed by atoms with Crippen LogP contribution in [0.1, 0.15) is 58.8 Å². The highest BCUT2D eigenvalue weighted by atomic mass is 32.1. The molecule has 2 aliphatic rings. The summed E-state index contributed by atoms with van der Waals surface area (Å²) in [6, 6.07) is 15.1. The topological polar surface area (TPSA) is 113 Å². The number of ether oxygens (including phenoxy) is 1. The van der Waals surface area contributed by atoms with E-state index < -0.39 is 0 Å². The van der Waals surface area contributed by atoms with Crippen LogP contribution in [0, 0.1) is 5.92 Å². The Labute approximate surface area is 221 Å². The second kappa shape index (κ2) is 11.5. The van der Waals surface area contributed by atoms with E-state index in [0.29, 0.717) is 28.4 Å². The Kier molecular flexibility index (Phi) is 7.88. The van der Waals surface area contributed by atoms with Crippen LogP contribution in [0.25, 0.3) is 0 Å². The predicted octanol–water partition coefficient (Wildman–Crippen LogP) is 2.64.